The Hall–Kier alpha value is -0.0151. The average Bonchev–Trinajstić information content (AvgIpc) is 1.84. The van der Waals surface area contributed by atoms with Crippen LogP contribution in [-0.4, -0.2) is 23.2 Å². The summed E-state index contributed by atoms with van der Waals surface area (Å²) in [6, 6.07) is 0. The van der Waals surface area contributed by atoms with Gasteiger partial charge in [-0.15, -0.1) is 0 Å². The van der Waals surface area contributed by atoms with E-state index < -0.39 is 5.69 Å². The number of hydrogen-bond donors (Lipinski definition) is 2. The normalized spacial score (nSPS) is 27.1. The summed E-state index contributed by atoms with van der Waals surface area (Å²) in [5.41, 5.74) is -1.31. The predicted octanol–water partition coefficient (Wildman–Crippen LogP) is -0.727. The molecule has 0 saturated carbocycles. The van der Waals surface area contributed by atoms with Gasteiger partial charge in [0.05, 0.1) is 0 Å². The monoisotopic (exact) mass is 100 g/mol. The molecule has 0 aromatic carbocycles. The lowest BCUT2D eigenvalue weighted by Crippen LogP contribution is -2.29. The Morgan fingerprint density at radius 2 is 2.14 bits per heavy atom. The van der Waals surface area contributed by atoms with Crippen LogP contribution in [0.4, 0.5) is 0 Å². The summed E-state index contributed by atoms with van der Waals surface area (Å²) in [7, 11) is 0.562. The molecule has 0 atom stereocenters. The van der Waals surface area contributed by atoms with Crippen molar-refractivity contribution in [1.29, 1.82) is 0 Å². The molecule has 0 aromatic heterocycles. The van der Waals surface area contributed by atoms with E-state index in [1.165, 1.54) is 0 Å². The molecule has 0 unspecified atom stereocenters. The van der Waals surface area contributed by atoms with Crippen molar-refractivity contribution >= 4 is 7.28 Å². The van der Waals surface area contributed by atoms with Gasteiger partial charge in [-0.25, -0.2) is 0 Å². The van der Waals surface area contributed by atoms with Gasteiger partial charge in [-0.3, -0.25) is 0 Å². The van der Waals surface area contributed by atoms with E-state index in [1.807, 2.05) is 0 Å². The van der Waals surface area contributed by atoms with Gasteiger partial charge in [0.15, 0.2) is 7.28 Å². The summed E-state index contributed by atoms with van der Waals surface area (Å²) in [4.78, 5) is 0. The van der Waals surface area contributed by atoms with Crippen molar-refractivity contribution < 1.29 is 10.2 Å². The van der Waals surface area contributed by atoms with Crippen LogP contribution in [0, 0.1) is 0 Å². The molecule has 0 radical (unpaired) electrons. The second-order valence-electron chi connectivity index (χ2n) is 2.19. The predicted molar refractivity (Wildman–Crippen MR) is 28.4 cm³/mol. The van der Waals surface area contributed by atoms with Crippen molar-refractivity contribution in [3.05, 3.63) is 0 Å². The van der Waals surface area contributed by atoms with Crippen LogP contribution in [0.25, 0.3) is 0 Å². The average molecular weight is 99.9 g/mol. The highest BCUT2D eigenvalue weighted by molar-refractivity contribution is 6.39. The molecule has 1 saturated heterocycles. The Morgan fingerprint density at radius 1 is 1.43 bits per heavy atom. The summed E-state index contributed by atoms with van der Waals surface area (Å²) in [5, 5.41) is 17.5. The van der Waals surface area contributed by atoms with Crippen LogP contribution in [0.5, 0.6) is 0 Å². The summed E-state index contributed by atoms with van der Waals surface area (Å²) < 4.78 is 0. The van der Waals surface area contributed by atoms with Gasteiger partial charge in [-0.05, 0) is 6.42 Å². The summed E-state index contributed by atoms with van der Waals surface area (Å²) >= 11 is 0. The number of hydrogen-bond acceptors (Lipinski definition) is 2. The molecular formula is C4H9BO2. The first-order chi connectivity index (χ1) is 3.21. The molecule has 3 heteroatoms. The maximum absolute atomic E-state index is 8.75. The molecule has 40 valence electrons. The molecule has 0 aliphatic carbocycles. The van der Waals surface area contributed by atoms with Gasteiger partial charge < -0.3 is 10.2 Å². The topological polar surface area (TPSA) is 40.5 Å². The Bertz CT molecular complexity index is 64.1. The minimum atomic E-state index is -1.31. The highest BCUT2D eigenvalue weighted by Crippen LogP contribution is 2.18. The van der Waals surface area contributed by atoms with Crippen molar-refractivity contribution in [2.24, 2.45) is 0 Å². The molecule has 1 rings (SSSR count). The molecule has 2 nitrogen and oxygen atoms in total. The van der Waals surface area contributed by atoms with Crippen LogP contribution >= 0.6 is 0 Å². The van der Waals surface area contributed by atoms with E-state index in [1.54, 1.807) is 0 Å². The second kappa shape index (κ2) is 1.49. The lowest BCUT2D eigenvalue weighted by atomic mass is 9.71. The zero-order chi connectivity index (χ0) is 5.33. The highest BCUT2D eigenvalue weighted by atomic mass is 16.5. The highest BCUT2D eigenvalue weighted by Gasteiger charge is 2.28. The zero-order valence-corrected chi connectivity index (χ0v) is 4.22. The van der Waals surface area contributed by atoms with E-state index in [0.717, 1.165) is 12.7 Å². The quantitative estimate of drug-likeness (QED) is 0.311. The SMILES string of the molecule is OC1(O)BCCC1. The van der Waals surface area contributed by atoms with Crippen LogP contribution in [0.1, 0.15) is 12.8 Å². The summed E-state index contributed by atoms with van der Waals surface area (Å²) in [5.74, 6) is 0. The van der Waals surface area contributed by atoms with Gasteiger partial charge in [-0.1, -0.05) is 12.7 Å². The fourth-order valence-electron chi connectivity index (χ4n) is 0.941. The lowest BCUT2D eigenvalue weighted by Gasteiger charge is -2.10. The molecule has 1 heterocycles. The smallest absolute Gasteiger partial charge is 0.196 e. The van der Waals surface area contributed by atoms with E-state index in [4.69, 9.17) is 10.2 Å². The molecule has 7 heavy (non-hydrogen) atoms. The third kappa shape index (κ3) is 1.18. The molecular weight excluding hydrogens is 90.9 g/mol. The molecule has 2 N–H and O–H groups in total. The van der Waals surface area contributed by atoms with Crippen molar-refractivity contribution in [2.45, 2.75) is 24.8 Å². The fourth-order valence-corrected chi connectivity index (χ4v) is 0.941. The lowest BCUT2D eigenvalue weighted by molar-refractivity contribution is -0.0865. The summed E-state index contributed by atoms with van der Waals surface area (Å²) in [6.07, 6.45) is 2.49. The second-order valence-corrected chi connectivity index (χ2v) is 2.19. The number of rotatable bonds is 0. The Labute approximate surface area is 43.4 Å². The van der Waals surface area contributed by atoms with Crippen LogP contribution < -0.4 is 0 Å². The maximum atomic E-state index is 8.75. The Balaban J connectivity index is 2.40. The minimum absolute atomic E-state index is 0.562. The van der Waals surface area contributed by atoms with Crippen LogP contribution in [0.15, 0.2) is 0 Å². The van der Waals surface area contributed by atoms with Crippen molar-refractivity contribution in [2.75, 3.05) is 0 Å². The van der Waals surface area contributed by atoms with Crippen molar-refractivity contribution in [1.82, 2.24) is 0 Å². The van der Waals surface area contributed by atoms with Crippen molar-refractivity contribution in [3.63, 3.8) is 0 Å². The third-order valence-corrected chi connectivity index (χ3v) is 1.40. The molecule has 1 aliphatic rings. The number of aliphatic hydroxyl groups is 2. The van der Waals surface area contributed by atoms with E-state index in [0.29, 0.717) is 13.7 Å². The van der Waals surface area contributed by atoms with E-state index in [2.05, 4.69) is 0 Å². The molecule has 0 amide bonds. The summed E-state index contributed by atoms with van der Waals surface area (Å²) in [6.45, 7) is 0. The molecule has 0 bridgehead atoms. The largest absolute Gasteiger partial charge is 0.374 e. The van der Waals surface area contributed by atoms with Crippen LogP contribution in [0.3, 0.4) is 0 Å². The third-order valence-electron chi connectivity index (χ3n) is 1.40. The maximum Gasteiger partial charge on any atom is 0.196 e. The van der Waals surface area contributed by atoms with Crippen LogP contribution in [0.2, 0.25) is 6.32 Å². The first-order valence-corrected chi connectivity index (χ1v) is 2.65. The standard InChI is InChI=1S/C4H9BO2/c6-4(7)2-1-3-5-4/h5-7H,1-3H2. The molecule has 0 spiro atoms. The van der Waals surface area contributed by atoms with Gasteiger partial charge in [0.1, 0.15) is 5.69 Å². The van der Waals surface area contributed by atoms with Gasteiger partial charge in [-0.2, -0.15) is 0 Å². The first-order valence-electron chi connectivity index (χ1n) is 2.65. The van der Waals surface area contributed by atoms with Gasteiger partial charge in [0.2, 0.25) is 0 Å². The van der Waals surface area contributed by atoms with Gasteiger partial charge >= 0.3 is 0 Å². The van der Waals surface area contributed by atoms with E-state index in [-0.39, 0.29) is 0 Å². The first kappa shape index (κ1) is 5.13. The molecule has 1 aliphatic heterocycles. The van der Waals surface area contributed by atoms with E-state index >= 15 is 0 Å². The Kier molecular flexibility index (Phi) is 1.09. The van der Waals surface area contributed by atoms with Crippen molar-refractivity contribution in [3.8, 4) is 0 Å². The zero-order valence-electron chi connectivity index (χ0n) is 4.22. The van der Waals surface area contributed by atoms with Crippen LogP contribution in [-0.2, 0) is 0 Å². The minimum Gasteiger partial charge on any atom is -0.374 e. The molecule has 1 fully saturated rings. The van der Waals surface area contributed by atoms with Gasteiger partial charge in [0, 0.05) is 0 Å². The van der Waals surface area contributed by atoms with Gasteiger partial charge in [0.25, 0.3) is 0 Å². The fraction of sp³-hybridized carbons (Fsp3) is 1.00. The van der Waals surface area contributed by atoms with E-state index in [9.17, 15) is 0 Å². The Morgan fingerprint density at radius 3 is 2.29 bits per heavy atom. The molecule has 0 aromatic rings.